The molecule has 2 atom stereocenters. The number of aryl methyl sites for hydroxylation is 1. The van der Waals surface area contributed by atoms with E-state index < -0.39 is 10.0 Å². The van der Waals surface area contributed by atoms with E-state index in [0.717, 1.165) is 25.0 Å². The Morgan fingerprint density at radius 1 is 1.40 bits per heavy atom. The quantitative estimate of drug-likeness (QED) is 0.830. The van der Waals surface area contributed by atoms with Crippen molar-refractivity contribution >= 4 is 33.4 Å². The minimum atomic E-state index is -3.53. The van der Waals surface area contributed by atoms with Crippen molar-refractivity contribution in [3.63, 3.8) is 0 Å². The van der Waals surface area contributed by atoms with E-state index in [4.69, 9.17) is 11.6 Å². The van der Waals surface area contributed by atoms with E-state index in [1.165, 1.54) is 17.2 Å². The summed E-state index contributed by atoms with van der Waals surface area (Å²) in [6.45, 7) is 0.572. The number of hydrogen-bond donors (Lipinski definition) is 0. The van der Waals surface area contributed by atoms with Gasteiger partial charge in [0, 0.05) is 36.8 Å². The molecule has 1 saturated carbocycles. The summed E-state index contributed by atoms with van der Waals surface area (Å²) in [6, 6.07) is 0.119. The molecule has 3 rings (SSSR count). The zero-order chi connectivity index (χ0) is 14.3. The predicted octanol–water partition coefficient (Wildman–Crippen LogP) is 2.12. The van der Waals surface area contributed by atoms with Gasteiger partial charge in [0.25, 0.3) is 10.0 Å². The summed E-state index contributed by atoms with van der Waals surface area (Å²) in [5.74, 6) is 0.862. The van der Waals surface area contributed by atoms with Crippen molar-refractivity contribution in [2.24, 2.45) is 7.05 Å². The van der Waals surface area contributed by atoms with Gasteiger partial charge < -0.3 is 4.57 Å². The van der Waals surface area contributed by atoms with Gasteiger partial charge in [-0.15, -0.1) is 0 Å². The summed E-state index contributed by atoms with van der Waals surface area (Å²) in [5, 5.41) is 0.711. The molecule has 0 bridgehead atoms. The molecule has 20 heavy (non-hydrogen) atoms. The molecular weight excluding hydrogens is 318 g/mol. The maximum absolute atomic E-state index is 12.8. The number of hydrogen-bond acceptors (Lipinski definition) is 4. The van der Waals surface area contributed by atoms with Gasteiger partial charge in [-0.2, -0.15) is 16.1 Å². The normalized spacial score (nSPS) is 28.3. The van der Waals surface area contributed by atoms with E-state index in [-0.39, 0.29) is 16.4 Å². The van der Waals surface area contributed by atoms with E-state index in [9.17, 15) is 8.42 Å². The number of aromatic nitrogens is 2. The van der Waals surface area contributed by atoms with E-state index in [0.29, 0.717) is 11.8 Å². The molecule has 0 amide bonds. The smallest absolute Gasteiger partial charge is 0.262 e. The molecule has 1 saturated heterocycles. The fourth-order valence-corrected chi connectivity index (χ4v) is 6.52. The minimum Gasteiger partial charge on any atom is -0.323 e. The van der Waals surface area contributed by atoms with Gasteiger partial charge in [0.05, 0.1) is 0 Å². The lowest BCUT2D eigenvalue weighted by Crippen LogP contribution is -2.51. The first-order valence-electron chi connectivity index (χ1n) is 6.82. The van der Waals surface area contributed by atoms with Crippen LogP contribution in [-0.4, -0.2) is 45.9 Å². The maximum atomic E-state index is 12.8. The van der Waals surface area contributed by atoms with Gasteiger partial charge in [-0.3, -0.25) is 0 Å². The Bertz CT molecular complexity index is 580. The van der Waals surface area contributed by atoms with E-state index in [2.05, 4.69) is 4.98 Å². The third-order valence-electron chi connectivity index (χ3n) is 4.05. The average molecular weight is 336 g/mol. The second kappa shape index (κ2) is 5.51. The first kappa shape index (κ1) is 14.7. The lowest BCUT2D eigenvalue weighted by molar-refractivity contribution is 0.260. The van der Waals surface area contributed by atoms with Crippen molar-refractivity contribution in [3.8, 4) is 0 Å². The zero-order valence-electron chi connectivity index (χ0n) is 11.3. The van der Waals surface area contributed by atoms with E-state index in [1.54, 1.807) is 11.4 Å². The predicted molar refractivity (Wildman–Crippen MR) is 80.6 cm³/mol. The molecule has 0 spiro atoms. The Morgan fingerprint density at radius 2 is 2.15 bits per heavy atom. The van der Waals surface area contributed by atoms with Crippen LogP contribution in [0.4, 0.5) is 0 Å². The first-order chi connectivity index (χ1) is 9.50. The summed E-state index contributed by atoms with van der Waals surface area (Å²) in [6.07, 6.45) is 5.88. The highest BCUT2D eigenvalue weighted by Gasteiger charge is 2.41. The molecule has 1 aliphatic heterocycles. The molecule has 1 aromatic heterocycles. The molecule has 2 heterocycles. The van der Waals surface area contributed by atoms with Crippen LogP contribution in [0.15, 0.2) is 11.2 Å². The molecule has 5 nitrogen and oxygen atoms in total. The lowest BCUT2D eigenvalue weighted by Gasteiger charge is -2.42. The van der Waals surface area contributed by atoms with E-state index >= 15 is 0 Å². The molecule has 2 unspecified atom stereocenters. The van der Waals surface area contributed by atoms with Crippen LogP contribution in [-0.2, 0) is 17.1 Å². The van der Waals surface area contributed by atoms with Gasteiger partial charge >= 0.3 is 0 Å². The average Bonchev–Trinajstić information content (AvgIpc) is 2.79. The number of imidazole rings is 1. The maximum Gasteiger partial charge on any atom is 0.262 e. The van der Waals surface area contributed by atoms with Crippen molar-refractivity contribution in [3.05, 3.63) is 11.5 Å². The molecule has 0 N–H and O–H groups in total. The summed E-state index contributed by atoms with van der Waals surface area (Å²) in [4.78, 5) is 3.99. The molecule has 1 aliphatic carbocycles. The SMILES string of the molecule is Cn1cc(S(=O)(=O)N2CCSC3CCCCC32)nc1Cl. The highest BCUT2D eigenvalue weighted by atomic mass is 35.5. The number of fused-ring (bicyclic) bond motifs is 1. The van der Waals surface area contributed by atoms with Crippen molar-refractivity contribution in [1.29, 1.82) is 0 Å². The standard InChI is InChI=1S/C12H18ClN3O2S2/c1-15-8-11(14-12(15)13)20(17,18)16-6-7-19-10-5-3-2-4-9(10)16/h8-10H,2-7H2,1H3. The number of sulfonamides is 1. The number of nitrogens with zero attached hydrogens (tertiary/aromatic N) is 3. The van der Waals surface area contributed by atoms with Crippen LogP contribution in [0, 0.1) is 0 Å². The minimum absolute atomic E-state index is 0.0706. The molecule has 2 fully saturated rings. The second-order valence-electron chi connectivity index (χ2n) is 5.34. The Balaban J connectivity index is 1.93. The summed E-state index contributed by atoms with van der Waals surface area (Å²) in [5.41, 5.74) is 0. The number of halogens is 1. The fraction of sp³-hybridized carbons (Fsp3) is 0.750. The Hall–Kier alpha value is -0.240. The van der Waals surface area contributed by atoms with Gasteiger partial charge in [0.1, 0.15) is 0 Å². The molecule has 0 radical (unpaired) electrons. The topological polar surface area (TPSA) is 55.2 Å². The van der Waals surface area contributed by atoms with Crippen molar-refractivity contribution in [1.82, 2.24) is 13.9 Å². The van der Waals surface area contributed by atoms with Gasteiger partial charge in [-0.25, -0.2) is 13.4 Å². The highest BCUT2D eigenvalue weighted by Crippen LogP contribution is 2.38. The van der Waals surface area contributed by atoms with Crippen molar-refractivity contribution in [2.75, 3.05) is 12.3 Å². The Kier molecular flexibility index (Phi) is 4.05. The van der Waals surface area contributed by atoms with Crippen molar-refractivity contribution < 1.29 is 8.42 Å². The van der Waals surface area contributed by atoms with Gasteiger partial charge in [-0.1, -0.05) is 12.8 Å². The third-order valence-corrected chi connectivity index (χ3v) is 7.60. The molecule has 2 aliphatic rings. The molecule has 112 valence electrons. The lowest BCUT2D eigenvalue weighted by atomic mass is 9.95. The third kappa shape index (κ3) is 2.49. The van der Waals surface area contributed by atoms with Crippen LogP contribution < -0.4 is 0 Å². The first-order valence-corrected chi connectivity index (χ1v) is 9.69. The van der Waals surface area contributed by atoms with Gasteiger partial charge in [-0.05, 0) is 24.4 Å². The van der Waals surface area contributed by atoms with Crippen LogP contribution >= 0.6 is 23.4 Å². The van der Waals surface area contributed by atoms with Crippen LogP contribution in [0.3, 0.4) is 0 Å². The van der Waals surface area contributed by atoms with Crippen LogP contribution in [0.25, 0.3) is 0 Å². The van der Waals surface area contributed by atoms with Crippen LogP contribution in [0.1, 0.15) is 25.7 Å². The highest BCUT2D eigenvalue weighted by molar-refractivity contribution is 8.00. The van der Waals surface area contributed by atoms with Gasteiger partial charge in [0.2, 0.25) is 5.28 Å². The number of rotatable bonds is 2. The Morgan fingerprint density at radius 3 is 2.85 bits per heavy atom. The number of thioether (sulfide) groups is 1. The summed E-state index contributed by atoms with van der Waals surface area (Å²) in [7, 11) is -1.83. The van der Waals surface area contributed by atoms with Crippen LogP contribution in [0.2, 0.25) is 5.28 Å². The summed E-state index contributed by atoms with van der Waals surface area (Å²) < 4.78 is 28.8. The fourth-order valence-electron chi connectivity index (χ4n) is 3.02. The van der Waals surface area contributed by atoms with Crippen molar-refractivity contribution in [2.45, 2.75) is 42.0 Å². The second-order valence-corrected chi connectivity index (χ2v) is 8.86. The zero-order valence-corrected chi connectivity index (χ0v) is 13.7. The largest absolute Gasteiger partial charge is 0.323 e. The Labute approximate surface area is 128 Å². The van der Waals surface area contributed by atoms with E-state index in [1.807, 2.05) is 11.8 Å². The molecular formula is C12H18ClN3O2S2. The van der Waals surface area contributed by atoms with Crippen LogP contribution in [0.5, 0.6) is 0 Å². The summed E-state index contributed by atoms with van der Waals surface area (Å²) >= 11 is 7.79. The monoisotopic (exact) mass is 335 g/mol. The molecule has 8 heteroatoms. The molecule has 0 aromatic carbocycles. The molecule has 1 aromatic rings. The van der Waals surface area contributed by atoms with Gasteiger partial charge in [0.15, 0.2) is 5.03 Å².